The van der Waals surface area contributed by atoms with Crippen molar-refractivity contribution < 1.29 is 19.5 Å². The average Bonchev–Trinajstić information content (AvgIpc) is 2.27. The van der Waals surface area contributed by atoms with E-state index in [9.17, 15) is 14.4 Å². The molecule has 0 aliphatic rings. The highest BCUT2D eigenvalue weighted by molar-refractivity contribution is 7.98. The van der Waals surface area contributed by atoms with Crippen LogP contribution in [0.3, 0.4) is 0 Å². The fourth-order valence-corrected chi connectivity index (χ4v) is 1.68. The van der Waals surface area contributed by atoms with E-state index in [1.54, 1.807) is 11.8 Å². The van der Waals surface area contributed by atoms with Crippen molar-refractivity contribution in [3.8, 4) is 0 Å². The fourth-order valence-electron chi connectivity index (χ4n) is 1.18. The molecule has 104 valence electrons. The Balaban J connectivity index is 3.88. The molecule has 7 nitrogen and oxygen atoms in total. The normalized spacial score (nSPS) is 11.6. The summed E-state index contributed by atoms with van der Waals surface area (Å²) in [5.41, 5.74) is 4.89. The van der Waals surface area contributed by atoms with E-state index in [2.05, 4.69) is 10.6 Å². The second-order valence-corrected chi connectivity index (χ2v) is 4.65. The molecule has 5 N–H and O–H groups in total. The maximum Gasteiger partial charge on any atom is 0.326 e. The first-order chi connectivity index (χ1) is 8.47. The smallest absolute Gasteiger partial charge is 0.326 e. The summed E-state index contributed by atoms with van der Waals surface area (Å²) in [6.07, 6.45) is 3.38. The molecule has 1 atom stereocenters. The SMILES string of the molecule is CSCCCCNC(=O)N[C@@H](CC(N)=O)C(=O)O. The number of primary amides is 1. The quantitative estimate of drug-likeness (QED) is 0.433. The molecule has 0 aliphatic carbocycles. The van der Waals surface area contributed by atoms with Gasteiger partial charge in [0.15, 0.2) is 0 Å². The van der Waals surface area contributed by atoms with Crippen LogP contribution >= 0.6 is 11.8 Å². The molecule has 0 saturated heterocycles. The zero-order valence-electron chi connectivity index (χ0n) is 10.3. The predicted octanol–water partition coefficient (Wildman–Crippen LogP) is -0.243. The summed E-state index contributed by atoms with van der Waals surface area (Å²) in [4.78, 5) is 32.7. The number of hydrogen-bond donors (Lipinski definition) is 4. The third-order valence-electron chi connectivity index (χ3n) is 2.07. The Morgan fingerprint density at radius 3 is 2.50 bits per heavy atom. The first-order valence-electron chi connectivity index (χ1n) is 5.51. The number of carboxylic acids is 1. The van der Waals surface area contributed by atoms with Crippen LogP contribution in [0.4, 0.5) is 4.79 Å². The third kappa shape index (κ3) is 8.68. The number of amides is 3. The Hall–Kier alpha value is -1.44. The largest absolute Gasteiger partial charge is 0.480 e. The fraction of sp³-hybridized carbons (Fsp3) is 0.700. The van der Waals surface area contributed by atoms with Gasteiger partial charge < -0.3 is 21.5 Å². The van der Waals surface area contributed by atoms with E-state index in [1.165, 1.54) is 0 Å². The maximum absolute atomic E-state index is 11.3. The number of nitrogens with two attached hydrogens (primary N) is 1. The van der Waals surface area contributed by atoms with Gasteiger partial charge in [-0.05, 0) is 24.9 Å². The number of carbonyl (C=O) groups is 3. The van der Waals surface area contributed by atoms with Gasteiger partial charge in [0.1, 0.15) is 6.04 Å². The molecule has 0 fully saturated rings. The van der Waals surface area contributed by atoms with E-state index >= 15 is 0 Å². The first-order valence-corrected chi connectivity index (χ1v) is 6.91. The molecule has 0 heterocycles. The third-order valence-corrected chi connectivity index (χ3v) is 2.77. The van der Waals surface area contributed by atoms with Gasteiger partial charge in [-0.3, -0.25) is 4.79 Å². The van der Waals surface area contributed by atoms with Crippen LogP contribution in [0.5, 0.6) is 0 Å². The summed E-state index contributed by atoms with van der Waals surface area (Å²) in [6, 6.07) is -1.89. The lowest BCUT2D eigenvalue weighted by Gasteiger charge is -2.13. The zero-order chi connectivity index (χ0) is 14.0. The lowest BCUT2D eigenvalue weighted by atomic mass is 10.2. The number of thioether (sulfide) groups is 1. The molecule has 0 rings (SSSR count). The van der Waals surface area contributed by atoms with E-state index in [4.69, 9.17) is 10.8 Å². The Morgan fingerprint density at radius 2 is 2.00 bits per heavy atom. The molecular formula is C10H19N3O4S. The van der Waals surface area contributed by atoms with Crippen molar-refractivity contribution in [1.82, 2.24) is 10.6 Å². The molecule has 0 unspecified atom stereocenters. The number of aliphatic carboxylic acids is 1. The summed E-state index contributed by atoms with van der Waals surface area (Å²) < 4.78 is 0. The van der Waals surface area contributed by atoms with Crippen LogP contribution in [0.25, 0.3) is 0 Å². The predicted molar refractivity (Wildman–Crippen MR) is 69.4 cm³/mol. The minimum Gasteiger partial charge on any atom is -0.480 e. The summed E-state index contributed by atoms with van der Waals surface area (Å²) in [5.74, 6) is -1.04. The van der Waals surface area contributed by atoms with Crippen LogP contribution in [0.1, 0.15) is 19.3 Å². The maximum atomic E-state index is 11.3. The zero-order valence-corrected chi connectivity index (χ0v) is 11.1. The highest BCUT2D eigenvalue weighted by atomic mass is 32.2. The van der Waals surface area contributed by atoms with Gasteiger partial charge in [0.25, 0.3) is 0 Å². The van der Waals surface area contributed by atoms with Gasteiger partial charge in [0, 0.05) is 6.54 Å². The van der Waals surface area contributed by atoms with Gasteiger partial charge in [-0.1, -0.05) is 0 Å². The van der Waals surface area contributed by atoms with Crippen LogP contribution in [-0.4, -0.2) is 47.6 Å². The molecule has 0 aromatic heterocycles. The number of unbranched alkanes of at least 4 members (excludes halogenated alkanes) is 1. The molecule has 0 radical (unpaired) electrons. The molecule has 0 spiro atoms. The Kier molecular flexibility index (Phi) is 8.81. The number of nitrogens with one attached hydrogen (secondary N) is 2. The average molecular weight is 277 g/mol. The lowest BCUT2D eigenvalue weighted by molar-refractivity contribution is -0.140. The number of rotatable bonds is 9. The molecule has 0 bridgehead atoms. The van der Waals surface area contributed by atoms with Gasteiger partial charge in [0.2, 0.25) is 5.91 Å². The van der Waals surface area contributed by atoms with Crippen LogP contribution in [0.15, 0.2) is 0 Å². The summed E-state index contributed by atoms with van der Waals surface area (Å²) >= 11 is 1.72. The van der Waals surface area contributed by atoms with Gasteiger partial charge in [0.05, 0.1) is 6.42 Å². The molecule has 0 aromatic carbocycles. The first kappa shape index (κ1) is 16.6. The van der Waals surface area contributed by atoms with E-state index < -0.39 is 30.4 Å². The van der Waals surface area contributed by atoms with Crippen molar-refractivity contribution in [2.45, 2.75) is 25.3 Å². The van der Waals surface area contributed by atoms with E-state index in [0.717, 1.165) is 18.6 Å². The lowest BCUT2D eigenvalue weighted by Crippen LogP contribution is -2.47. The second kappa shape index (κ2) is 9.58. The van der Waals surface area contributed by atoms with Crippen LogP contribution < -0.4 is 16.4 Å². The molecule has 0 aliphatic heterocycles. The van der Waals surface area contributed by atoms with Crippen LogP contribution in [0, 0.1) is 0 Å². The minimum atomic E-state index is -1.29. The number of hydrogen-bond acceptors (Lipinski definition) is 4. The molecule has 3 amide bonds. The molecule has 0 saturated carbocycles. The highest BCUT2D eigenvalue weighted by Gasteiger charge is 2.21. The van der Waals surface area contributed by atoms with E-state index in [-0.39, 0.29) is 0 Å². The Morgan fingerprint density at radius 1 is 1.33 bits per heavy atom. The minimum absolute atomic E-state index is 0.421. The highest BCUT2D eigenvalue weighted by Crippen LogP contribution is 1.98. The number of carbonyl (C=O) groups excluding carboxylic acids is 2. The van der Waals surface area contributed by atoms with E-state index in [1.807, 2.05) is 6.26 Å². The van der Waals surface area contributed by atoms with Gasteiger partial charge in [-0.15, -0.1) is 0 Å². The molecule has 0 aromatic rings. The van der Waals surface area contributed by atoms with Crippen molar-refractivity contribution >= 4 is 29.7 Å². The molecule has 18 heavy (non-hydrogen) atoms. The molecular weight excluding hydrogens is 258 g/mol. The monoisotopic (exact) mass is 277 g/mol. The van der Waals surface area contributed by atoms with Crippen molar-refractivity contribution in [1.29, 1.82) is 0 Å². The van der Waals surface area contributed by atoms with Crippen LogP contribution in [-0.2, 0) is 9.59 Å². The molecule has 8 heteroatoms. The van der Waals surface area contributed by atoms with Gasteiger partial charge in [-0.2, -0.15) is 11.8 Å². The van der Waals surface area contributed by atoms with Gasteiger partial charge in [-0.25, -0.2) is 9.59 Å². The van der Waals surface area contributed by atoms with Gasteiger partial charge >= 0.3 is 12.0 Å². The summed E-state index contributed by atoms with van der Waals surface area (Å²) in [6.45, 7) is 0.468. The topological polar surface area (TPSA) is 122 Å². The Labute approximate surface area is 110 Å². The van der Waals surface area contributed by atoms with Crippen molar-refractivity contribution in [2.24, 2.45) is 5.73 Å². The van der Waals surface area contributed by atoms with Crippen molar-refractivity contribution in [2.75, 3.05) is 18.6 Å². The number of carboxylic acid groups (broad SMARTS) is 1. The second-order valence-electron chi connectivity index (χ2n) is 3.66. The van der Waals surface area contributed by atoms with Crippen molar-refractivity contribution in [3.63, 3.8) is 0 Å². The van der Waals surface area contributed by atoms with E-state index in [0.29, 0.717) is 6.54 Å². The number of urea groups is 1. The summed E-state index contributed by atoms with van der Waals surface area (Å²) in [5, 5.41) is 13.5. The Bertz CT molecular complexity index is 299. The van der Waals surface area contributed by atoms with Crippen LogP contribution in [0.2, 0.25) is 0 Å². The van der Waals surface area contributed by atoms with Crippen molar-refractivity contribution in [3.05, 3.63) is 0 Å². The standard InChI is InChI=1S/C10H19N3O4S/c1-18-5-3-2-4-12-10(17)13-7(9(15)16)6-8(11)14/h7H,2-6H2,1H3,(H2,11,14)(H,15,16)(H2,12,13,17)/t7-/m0/s1. The summed E-state index contributed by atoms with van der Waals surface area (Å²) in [7, 11) is 0.